The predicted octanol–water partition coefficient (Wildman–Crippen LogP) is 4.76. The summed E-state index contributed by atoms with van der Waals surface area (Å²) in [4.78, 5) is 2.18. The third-order valence-corrected chi connectivity index (χ3v) is 3.52. The van der Waals surface area contributed by atoms with Crippen LogP contribution >= 0.6 is 11.6 Å². The van der Waals surface area contributed by atoms with Gasteiger partial charge in [-0.25, -0.2) is 0 Å². The molecule has 0 N–H and O–H groups in total. The Bertz CT molecular complexity index is 440. The normalized spacial score (nSPS) is 10.4. The van der Waals surface area contributed by atoms with Gasteiger partial charge in [-0.1, -0.05) is 31.2 Å². The molecule has 0 aliphatic carbocycles. The van der Waals surface area contributed by atoms with Crippen LogP contribution in [0.25, 0.3) is 0 Å². The van der Waals surface area contributed by atoms with Crippen molar-refractivity contribution in [2.75, 3.05) is 11.9 Å². The molecule has 0 aliphatic heterocycles. The number of halogens is 1. The highest BCUT2D eigenvalue weighted by molar-refractivity contribution is 6.17. The maximum Gasteiger partial charge on any atom is 0.0474 e. The minimum absolute atomic E-state index is 0.565. The van der Waals surface area contributed by atoms with E-state index in [1.807, 2.05) is 0 Å². The van der Waals surface area contributed by atoms with Crippen molar-refractivity contribution in [2.45, 2.75) is 19.2 Å². The molecule has 2 rings (SSSR count). The van der Waals surface area contributed by atoms with E-state index in [0.717, 1.165) is 12.0 Å². The number of rotatable bonds is 4. The van der Waals surface area contributed by atoms with Crippen molar-refractivity contribution >= 4 is 23.0 Å². The predicted molar refractivity (Wildman–Crippen MR) is 79.9 cm³/mol. The molecule has 0 saturated heterocycles. The van der Waals surface area contributed by atoms with E-state index >= 15 is 0 Å². The Balaban J connectivity index is 2.20. The maximum absolute atomic E-state index is 5.80. The van der Waals surface area contributed by atoms with Gasteiger partial charge in [0.15, 0.2) is 0 Å². The lowest BCUT2D eigenvalue weighted by atomic mass is 10.1. The molecule has 0 radical (unpaired) electrons. The van der Waals surface area contributed by atoms with Gasteiger partial charge in [-0.2, -0.15) is 0 Å². The summed E-state index contributed by atoms with van der Waals surface area (Å²) in [5, 5.41) is 0. The zero-order valence-electron chi connectivity index (χ0n) is 10.9. The lowest BCUT2D eigenvalue weighted by Gasteiger charge is -2.20. The quantitative estimate of drug-likeness (QED) is 0.716. The summed E-state index contributed by atoms with van der Waals surface area (Å²) >= 11 is 5.80. The number of anilines is 2. The third kappa shape index (κ3) is 2.85. The number of hydrogen-bond acceptors (Lipinski definition) is 1. The van der Waals surface area contributed by atoms with Gasteiger partial charge in [-0.3, -0.25) is 0 Å². The molecular weight excluding hydrogens is 242 g/mol. The number of nitrogens with zero attached hydrogens (tertiary/aromatic N) is 1. The Labute approximate surface area is 114 Å². The van der Waals surface area contributed by atoms with Crippen molar-refractivity contribution in [3.05, 3.63) is 59.7 Å². The molecule has 0 unspecified atom stereocenters. The lowest BCUT2D eigenvalue weighted by Crippen LogP contribution is -2.09. The first-order valence-corrected chi connectivity index (χ1v) is 6.75. The summed E-state index contributed by atoms with van der Waals surface area (Å²) in [6, 6.07) is 17.0. The highest BCUT2D eigenvalue weighted by Gasteiger charge is 2.03. The van der Waals surface area contributed by atoms with Crippen molar-refractivity contribution in [2.24, 2.45) is 0 Å². The van der Waals surface area contributed by atoms with Crippen LogP contribution in [0.15, 0.2) is 48.5 Å². The molecule has 2 heteroatoms. The van der Waals surface area contributed by atoms with Gasteiger partial charge in [0.05, 0.1) is 0 Å². The zero-order valence-corrected chi connectivity index (χ0v) is 11.6. The molecule has 0 amide bonds. The summed E-state index contributed by atoms with van der Waals surface area (Å²) in [6.45, 7) is 2.17. The minimum atomic E-state index is 0.565. The van der Waals surface area contributed by atoms with Crippen LogP contribution in [-0.2, 0) is 12.3 Å². The zero-order chi connectivity index (χ0) is 13.0. The summed E-state index contributed by atoms with van der Waals surface area (Å²) in [6.07, 6.45) is 1.08. The van der Waals surface area contributed by atoms with Gasteiger partial charge < -0.3 is 4.90 Å². The van der Waals surface area contributed by atoms with Gasteiger partial charge in [0.25, 0.3) is 0 Å². The fourth-order valence-corrected chi connectivity index (χ4v) is 2.09. The van der Waals surface area contributed by atoms with Gasteiger partial charge in [0.1, 0.15) is 0 Å². The molecular formula is C16H18ClN. The molecule has 0 aromatic heterocycles. The molecule has 94 valence electrons. The molecule has 18 heavy (non-hydrogen) atoms. The van der Waals surface area contributed by atoms with Crippen LogP contribution in [0.2, 0.25) is 0 Å². The molecule has 0 spiro atoms. The van der Waals surface area contributed by atoms with Crippen LogP contribution in [-0.4, -0.2) is 7.05 Å². The first-order valence-electron chi connectivity index (χ1n) is 6.22. The van der Waals surface area contributed by atoms with Crippen molar-refractivity contribution in [1.29, 1.82) is 0 Å². The van der Waals surface area contributed by atoms with Gasteiger partial charge >= 0.3 is 0 Å². The molecule has 0 heterocycles. The smallest absolute Gasteiger partial charge is 0.0474 e. The topological polar surface area (TPSA) is 3.24 Å². The van der Waals surface area contributed by atoms with Crippen molar-refractivity contribution in [3.8, 4) is 0 Å². The Morgan fingerprint density at radius 3 is 1.67 bits per heavy atom. The average molecular weight is 260 g/mol. The maximum atomic E-state index is 5.80. The van der Waals surface area contributed by atoms with E-state index in [4.69, 9.17) is 11.6 Å². The molecule has 1 nitrogen and oxygen atoms in total. The van der Waals surface area contributed by atoms with Crippen molar-refractivity contribution in [3.63, 3.8) is 0 Å². The Morgan fingerprint density at radius 1 is 0.833 bits per heavy atom. The van der Waals surface area contributed by atoms with Crippen molar-refractivity contribution < 1.29 is 0 Å². The van der Waals surface area contributed by atoms with E-state index in [2.05, 4.69) is 67.4 Å². The van der Waals surface area contributed by atoms with Gasteiger partial charge in [-0.05, 0) is 41.8 Å². The molecule has 0 saturated carbocycles. The van der Waals surface area contributed by atoms with E-state index in [9.17, 15) is 0 Å². The van der Waals surface area contributed by atoms with Gasteiger partial charge in [0, 0.05) is 24.3 Å². The van der Waals surface area contributed by atoms with Crippen LogP contribution in [0.3, 0.4) is 0 Å². The fraction of sp³-hybridized carbons (Fsp3) is 0.250. The van der Waals surface area contributed by atoms with Crippen LogP contribution < -0.4 is 4.90 Å². The molecule has 0 atom stereocenters. The minimum Gasteiger partial charge on any atom is -0.345 e. The molecule has 0 bridgehead atoms. The van der Waals surface area contributed by atoms with E-state index in [-0.39, 0.29) is 0 Å². The summed E-state index contributed by atoms with van der Waals surface area (Å²) in [5.74, 6) is 0.565. The van der Waals surface area contributed by atoms with Crippen LogP contribution in [0.5, 0.6) is 0 Å². The van der Waals surface area contributed by atoms with E-state index < -0.39 is 0 Å². The number of alkyl halides is 1. The molecule has 0 aliphatic rings. The monoisotopic (exact) mass is 259 g/mol. The van der Waals surface area contributed by atoms with Crippen molar-refractivity contribution in [1.82, 2.24) is 0 Å². The second-order valence-electron chi connectivity index (χ2n) is 4.38. The highest BCUT2D eigenvalue weighted by atomic mass is 35.5. The largest absolute Gasteiger partial charge is 0.345 e. The number of benzene rings is 2. The second-order valence-corrected chi connectivity index (χ2v) is 4.65. The Morgan fingerprint density at radius 2 is 1.28 bits per heavy atom. The van der Waals surface area contributed by atoms with E-state index in [1.54, 1.807) is 0 Å². The first-order chi connectivity index (χ1) is 8.74. The Hall–Kier alpha value is -1.47. The highest BCUT2D eigenvalue weighted by Crippen LogP contribution is 2.24. The molecule has 2 aromatic carbocycles. The van der Waals surface area contributed by atoms with Crippen LogP contribution in [0.1, 0.15) is 18.1 Å². The summed E-state index contributed by atoms with van der Waals surface area (Å²) in [5.41, 5.74) is 4.89. The van der Waals surface area contributed by atoms with E-state index in [0.29, 0.717) is 5.88 Å². The van der Waals surface area contributed by atoms with E-state index in [1.165, 1.54) is 16.9 Å². The number of hydrogen-bond donors (Lipinski definition) is 0. The first kappa shape index (κ1) is 13.0. The number of aryl methyl sites for hydroxylation is 1. The second kappa shape index (κ2) is 5.92. The SMILES string of the molecule is CCc1ccc(N(C)c2ccc(CCl)cc2)cc1. The van der Waals surface area contributed by atoms with Crippen LogP contribution in [0.4, 0.5) is 11.4 Å². The summed E-state index contributed by atoms with van der Waals surface area (Å²) in [7, 11) is 2.08. The standard InChI is InChI=1S/C16H18ClN/c1-3-13-4-8-15(9-5-13)18(2)16-10-6-14(12-17)7-11-16/h4-11H,3,12H2,1-2H3. The van der Waals surface area contributed by atoms with Crippen LogP contribution in [0, 0.1) is 0 Å². The molecule has 0 fully saturated rings. The van der Waals surface area contributed by atoms with Gasteiger partial charge in [-0.15, -0.1) is 11.6 Å². The fourth-order valence-electron chi connectivity index (χ4n) is 1.91. The average Bonchev–Trinajstić information content (AvgIpc) is 2.47. The molecule has 2 aromatic rings. The van der Waals surface area contributed by atoms with Gasteiger partial charge in [0.2, 0.25) is 0 Å². The lowest BCUT2D eigenvalue weighted by molar-refractivity contribution is 1.13. The Kier molecular flexibility index (Phi) is 4.27. The summed E-state index contributed by atoms with van der Waals surface area (Å²) < 4.78 is 0. The third-order valence-electron chi connectivity index (χ3n) is 3.21.